The zero-order valence-corrected chi connectivity index (χ0v) is 15.3. The van der Waals surface area contributed by atoms with Crippen LogP contribution in [0.1, 0.15) is 26.6 Å². The summed E-state index contributed by atoms with van der Waals surface area (Å²) >= 11 is 7.50. The largest absolute Gasteiger partial charge is 0.366 e. The molecule has 0 bridgehead atoms. The van der Waals surface area contributed by atoms with E-state index in [1.54, 1.807) is 24.3 Å². The van der Waals surface area contributed by atoms with Gasteiger partial charge in [0, 0.05) is 28.1 Å². The number of benzene rings is 2. The first-order valence-corrected chi connectivity index (χ1v) is 9.13. The zero-order valence-electron chi connectivity index (χ0n) is 13.7. The molecule has 3 N–H and O–H groups in total. The number of hydrogen-bond donors (Lipinski definition) is 2. The number of nitrogens with one attached hydrogen (secondary N) is 1. The standard InChI is InChI=1S/C19H16ClN3O2S/c20-14-5-1-3-12(7-14)8-18-23-16(11-26-18)10-17(24)22-15-6-2-4-13(9-15)19(21)25/h1-7,9,11H,8,10H2,(H2,21,25)(H,22,24). The normalized spacial score (nSPS) is 10.5. The van der Waals surface area contributed by atoms with E-state index in [4.69, 9.17) is 17.3 Å². The van der Waals surface area contributed by atoms with Crippen molar-refractivity contribution >= 4 is 40.4 Å². The molecule has 5 nitrogen and oxygen atoms in total. The molecular formula is C19H16ClN3O2S. The Kier molecular flexibility index (Phi) is 5.65. The molecule has 0 saturated heterocycles. The minimum Gasteiger partial charge on any atom is -0.366 e. The third kappa shape index (κ3) is 4.91. The van der Waals surface area contributed by atoms with Gasteiger partial charge in [-0.2, -0.15) is 0 Å². The van der Waals surface area contributed by atoms with Crippen molar-refractivity contribution in [1.82, 2.24) is 4.98 Å². The SMILES string of the molecule is NC(=O)c1cccc(NC(=O)Cc2csc(Cc3cccc(Cl)c3)n2)c1. The van der Waals surface area contributed by atoms with Crippen molar-refractivity contribution in [3.8, 4) is 0 Å². The lowest BCUT2D eigenvalue weighted by Crippen LogP contribution is -2.16. The second-order valence-electron chi connectivity index (χ2n) is 5.71. The Morgan fingerprint density at radius 2 is 1.96 bits per heavy atom. The lowest BCUT2D eigenvalue weighted by atomic mass is 10.1. The number of anilines is 1. The van der Waals surface area contributed by atoms with Crippen LogP contribution < -0.4 is 11.1 Å². The van der Waals surface area contributed by atoms with Crippen LogP contribution in [0.15, 0.2) is 53.9 Å². The molecule has 2 amide bonds. The average molecular weight is 386 g/mol. The van der Waals surface area contributed by atoms with Gasteiger partial charge in [0.25, 0.3) is 0 Å². The highest BCUT2D eigenvalue weighted by atomic mass is 35.5. The van der Waals surface area contributed by atoms with Crippen LogP contribution >= 0.6 is 22.9 Å². The Hall–Kier alpha value is -2.70. The Labute approximate surface area is 159 Å². The highest BCUT2D eigenvalue weighted by Crippen LogP contribution is 2.18. The fraction of sp³-hybridized carbons (Fsp3) is 0.105. The molecule has 0 aliphatic heterocycles. The third-order valence-corrected chi connectivity index (χ3v) is 4.75. The van der Waals surface area contributed by atoms with Crippen LogP contribution in [0.4, 0.5) is 5.69 Å². The molecule has 0 saturated carbocycles. The van der Waals surface area contributed by atoms with Gasteiger partial charge in [0.1, 0.15) is 0 Å². The van der Waals surface area contributed by atoms with Crippen molar-refractivity contribution in [1.29, 1.82) is 0 Å². The van der Waals surface area contributed by atoms with E-state index >= 15 is 0 Å². The van der Waals surface area contributed by atoms with E-state index in [1.165, 1.54) is 11.3 Å². The number of aromatic nitrogens is 1. The summed E-state index contributed by atoms with van der Waals surface area (Å²) in [5.41, 5.74) is 7.90. The molecule has 2 aromatic carbocycles. The van der Waals surface area contributed by atoms with Crippen LogP contribution in [-0.2, 0) is 17.6 Å². The molecule has 0 atom stereocenters. The van der Waals surface area contributed by atoms with E-state index in [9.17, 15) is 9.59 Å². The smallest absolute Gasteiger partial charge is 0.248 e. The number of amides is 2. The minimum atomic E-state index is -0.536. The monoisotopic (exact) mass is 385 g/mol. The van der Waals surface area contributed by atoms with Crippen LogP contribution in [0.2, 0.25) is 5.02 Å². The predicted molar refractivity (Wildman–Crippen MR) is 104 cm³/mol. The van der Waals surface area contributed by atoms with Crippen molar-refractivity contribution in [2.75, 3.05) is 5.32 Å². The summed E-state index contributed by atoms with van der Waals surface area (Å²) in [6.45, 7) is 0. The summed E-state index contributed by atoms with van der Waals surface area (Å²) in [5, 5.41) is 6.24. The first-order valence-electron chi connectivity index (χ1n) is 7.87. The highest BCUT2D eigenvalue weighted by molar-refractivity contribution is 7.09. The molecule has 7 heteroatoms. The van der Waals surface area contributed by atoms with Crippen LogP contribution in [0.3, 0.4) is 0 Å². The van der Waals surface area contributed by atoms with Gasteiger partial charge in [0.15, 0.2) is 0 Å². The highest BCUT2D eigenvalue weighted by Gasteiger charge is 2.10. The first kappa shape index (κ1) is 18.1. The second kappa shape index (κ2) is 8.12. The van der Waals surface area contributed by atoms with Gasteiger partial charge in [-0.15, -0.1) is 11.3 Å². The predicted octanol–water partition coefficient (Wildman–Crippen LogP) is 3.67. The number of hydrogen-bond acceptors (Lipinski definition) is 4. The van der Waals surface area contributed by atoms with Gasteiger partial charge < -0.3 is 11.1 Å². The Morgan fingerprint density at radius 1 is 1.15 bits per heavy atom. The van der Waals surface area contributed by atoms with E-state index in [-0.39, 0.29) is 12.3 Å². The first-order chi connectivity index (χ1) is 12.5. The topological polar surface area (TPSA) is 85.1 Å². The van der Waals surface area contributed by atoms with Crippen molar-refractivity contribution in [2.24, 2.45) is 5.73 Å². The van der Waals surface area contributed by atoms with Crippen molar-refractivity contribution < 1.29 is 9.59 Å². The lowest BCUT2D eigenvalue weighted by Gasteiger charge is -2.05. The summed E-state index contributed by atoms with van der Waals surface area (Å²) in [5.74, 6) is -0.738. The minimum absolute atomic E-state index is 0.160. The van der Waals surface area contributed by atoms with Gasteiger partial charge in [0.2, 0.25) is 11.8 Å². The van der Waals surface area contributed by atoms with E-state index in [2.05, 4.69) is 10.3 Å². The number of thiazole rings is 1. The van der Waals surface area contributed by atoms with Crippen molar-refractivity contribution in [2.45, 2.75) is 12.8 Å². The molecule has 0 aliphatic rings. The fourth-order valence-corrected chi connectivity index (χ4v) is 3.49. The molecule has 0 unspecified atom stereocenters. The zero-order chi connectivity index (χ0) is 18.5. The van der Waals surface area contributed by atoms with Crippen molar-refractivity contribution in [3.05, 3.63) is 80.8 Å². The molecule has 0 spiro atoms. The van der Waals surface area contributed by atoms with E-state index in [1.807, 2.05) is 29.6 Å². The average Bonchev–Trinajstić information content (AvgIpc) is 3.01. The summed E-state index contributed by atoms with van der Waals surface area (Å²) in [7, 11) is 0. The number of rotatable bonds is 6. The molecule has 132 valence electrons. The lowest BCUT2D eigenvalue weighted by molar-refractivity contribution is -0.115. The Bertz CT molecular complexity index is 955. The van der Waals surface area contributed by atoms with Gasteiger partial charge in [0.05, 0.1) is 17.1 Å². The number of halogens is 1. The number of carbonyl (C=O) groups excluding carboxylic acids is 2. The van der Waals surface area contributed by atoms with Crippen LogP contribution in [0.5, 0.6) is 0 Å². The van der Waals surface area contributed by atoms with Gasteiger partial charge in [-0.3, -0.25) is 9.59 Å². The van der Waals surface area contributed by atoms with Gasteiger partial charge in [-0.1, -0.05) is 29.8 Å². The van der Waals surface area contributed by atoms with Crippen LogP contribution in [0.25, 0.3) is 0 Å². The van der Waals surface area contributed by atoms with E-state index in [0.29, 0.717) is 28.4 Å². The van der Waals surface area contributed by atoms with Crippen LogP contribution in [0, 0.1) is 0 Å². The van der Waals surface area contributed by atoms with E-state index in [0.717, 1.165) is 10.6 Å². The fourth-order valence-electron chi connectivity index (χ4n) is 2.45. The van der Waals surface area contributed by atoms with Crippen molar-refractivity contribution in [3.63, 3.8) is 0 Å². The summed E-state index contributed by atoms with van der Waals surface area (Å²) in [4.78, 5) is 27.9. The molecule has 1 heterocycles. The molecule has 26 heavy (non-hydrogen) atoms. The second-order valence-corrected chi connectivity index (χ2v) is 7.09. The van der Waals surface area contributed by atoms with Crippen LogP contribution in [-0.4, -0.2) is 16.8 Å². The maximum absolute atomic E-state index is 12.2. The molecule has 0 radical (unpaired) electrons. The Morgan fingerprint density at radius 3 is 2.73 bits per heavy atom. The quantitative estimate of drug-likeness (QED) is 0.678. The maximum atomic E-state index is 12.2. The van der Waals surface area contributed by atoms with Gasteiger partial charge >= 0.3 is 0 Å². The molecular weight excluding hydrogens is 370 g/mol. The van der Waals surface area contributed by atoms with Gasteiger partial charge in [-0.05, 0) is 35.9 Å². The number of nitrogens with zero attached hydrogens (tertiary/aromatic N) is 1. The number of primary amides is 1. The number of carbonyl (C=O) groups is 2. The maximum Gasteiger partial charge on any atom is 0.248 e. The summed E-state index contributed by atoms with van der Waals surface area (Å²) in [6, 6.07) is 14.1. The Balaban J connectivity index is 1.61. The third-order valence-electron chi connectivity index (χ3n) is 3.62. The summed E-state index contributed by atoms with van der Waals surface area (Å²) < 4.78 is 0. The number of nitrogens with two attached hydrogens (primary N) is 1. The molecule has 3 aromatic rings. The molecule has 0 aliphatic carbocycles. The molecule has 0 fully saturated rings. The van der Waals surface area contributed by atoms with E-state index < -0.39 is 5.91 Å². The van der Waals surface area contributed by atoms with Gasteiger partial charge in [-0.25, -0.2) is 4.98 Å². The molecule has 3 rings (SSSR count). The summed E-state index contributed by atoms with van der Waals surface area (Å²) in [6.07, 6.45) is 0.834. The molecule has 1 aromatic heterocycles.